The Kier molecular flexibility index (Phi) is 4.13. The lowest BCUT2D eigenvalue weighted by atomic mass is 10.2. The number of benzene rings is 1. The Morgan fingerprint density at radius 2 is 1.82 bits per heavy atom. The summed E-state index contributed by atoms with van der Waals surface area (Å²) in [4.78, 5) is 3.52. The van der Waals surface area contributed by atoms with E-state index in [0.29, 0.717) is 12.3 Å². The summed E-state index contributed by atoms with van der Waals surface area (Å²) in [5.41, 5.74) is 1.69. The Bertz CT molecular complexity index is 427. The van der Waals surface area contributed by atoms with Gasteiger partial charge in [-0.15, -0.1) is 0 Å². The summed E-state index contributed by atoms with van der Waals surface area (Å²) in [5.74, 6) is 0. The highest BCUT2D eigenvalue weighted by molar-refractivity contribution is 6.74. The quantitative estimate of drug-likeness (QED) is 0.554. The summed E-state index contributed by atoms with van der Waals surface area (Å²) in [5, 5.41) is 0.208. The van der Waals surface area contributed by atoms with Gasteiger partial charge >= 0.3 is 0 Å². The third-order valence-corrected chi connectivity index (χ3v) is 7.99. The van der Waals surface area contributed by atoms with Crippen LogP contribution in [-0.2, 0) is 11.0 Å². The van der Waals surface area contributed by atoms with Crippen molar-refractivity contribution in [3.05, 3.63) is 41.2 Å². The number of rotatable bonds is 3. The second kappa shape index (κ2) is 5.03. The van der Waals surface area contributed by atoms with Crippen LogP contribution in [0.2, 0.25) is 18.1 Å². The van der Waals surface area contributed by atoms with Gasteiger partial charge in [0.2, 0.25) is 0 Å². The van der Waals surface area contributed by atoms with E-state index in [1.165, 1.54) is 0 Å². The number of hydrogen-bond donors (Lipinski definition) is 0. The summed E-state index contributed by atoms with van der Waals surface area (Å²) < 4.78 is 6.12. The van der Waals surface area contributed by atoms with Gasteiger partial charge in [0.25, 0.3) is 0 Å². The lowest BCUT2D eigenvalue weighted by Crippen LogP contribution is -2.40. The summed E-state index contributed by atoms with van der Waals surface area (Å²) in [6.07, 6.45) is 0. The summed E-state index contributed by atoms with van der Waals surface area (Å²) in [7, 11) is -1.73. The molecule has 0 heterocycles. The van der Waals surface area contributed by atoms with Crippen LogP contribution in [0.15, 0.2) is 24.3 Å². The molecule has 3 heteroatoms. The van der Waals surface area contributed by atoms with Crippen LogP contribution in [0.3, 0.4) is 0 Å². The van der Waals surface area contributed by atoms with Crippen molar-refractivity contribution in [2.45, 2.75) is 45.5 Å². The molecule has 1 aromatic rings. The van der Waals surface area contributed by atoms with E-state index in [9.17, 15) is 0 Å². The normalized spacial score (nSPS) is 12.2. The average Bonchev–Trinajstić information content (AvgIpc) is 2.25. The Morgan fingerprint density at radius 3 is 2.35 bits per heavy atom. The van der Waals surface area contributed by atoms with Crippen molar-refractivity contribution >= 4 is 14.0 Å². The van der Waals surface area contributed by atoms with Gasteiger partial charge < -0.3 is 4.43 Å². The van der Waals surface area contributed by atoms with Crippen LogP contribution in [-0.4, -0.2) is 8.32 Å². The zero-order chi connectivity index (χ0) is 13.1. The van der Waals surface area contributed by atoms with Gasteiger partial charge in [0.05, 0.1) is 6.57 Å². The summed E-state index contributed by atoms with van der Waals surface area (Å²) in [6, 6.07) is 7.67. The minimum absolute atomic E-state index is 0.208. The standard InChI is InChI=1S/C14H21NOSi/c1-14(2,3)17(5,6)16-11-12-9-7-8-10-13(12)15-4/h7-10H,11H2,1-3,5-6H3. The Balaban J connectivity index is 2.78. The Labute approximate surface area is 106 Å². The maximum atomic E-state index is 7.12. The topological polar surface area (TPSA) is 13.6 Å². The fourth-order valence-corrected chi connectivity index (χ4v) is 2.17. The highest BCUT2D eigenvalue weighted by Crippen LogP contribution is 2.37. The highest BCUT2D eigenvalue weighted by atomic mass is 28.4. The lowest BCUT2D eigenvalue weighted by Gasteiger charge is -2.36. The van der Waals surface area contributed by atoms with Crippen LogP contribution in [0.4, 0.5) is 5.69 Å². The predicted octanol–water partition coefficient (Wildman–Crippen LogP) is 4.76. The molecule has 0 aliphatic carbocycles. The largest absolute Gasteiger partial charge is 0.414 e. The molecule has 0 aliphatic rings. The second-order valence-corrected chi connectivity index (χ2v) is 10.6. The van der Waals surface area contributed by atoms with Gasteiger partial charge in [0.1, 0.15) is 0 Å². The first-order chi connectivity index (χ1) is 7.78. The maximum Gasteiger partial charge on any atom is 0.192 e. The van der Waals surface area contributed by atoms with E-state index in [2.05, 4.69) is 38.7 Å². The molecule has 1 rings (SSSR count). The van der Waals surface area contributed by atoms with Crippen LogP contribution in [0, 0.1) is 6.57 Å². The van der Waals surface area contributed by atoms with E-state index >= 15 is 0 Å². The Morgan fingerprint density at radius 1 is 1.24 bits per heavy atom. The van der Waals surface area contributed by atoms with Gasteiger partial charge in [0.15, 0.2) is 14.0 Å². The van der Waals surface area contributed by atoms with Gasteiger partial charge in [-0.1, -0.05) is 45.0 Å². The summed E-state index contributed by atoms with van der Waals surface area (Å²) in [6.45, 7) is 18.8. The Hall–Kier alpha value is -1.11. The smallest absolute Gasteiger partial charge is 0.192 e. The molecule has 0 unspecified atom stereocenters. The molecule has 0 aliphatic heterocycles. The van der Waals surface area contributed by atoms with Crippen molar-refractivity contribution in [1.29, 1.82) is 0 Å². The first kappa shape index (κ1) is 13.9. The third-order valence-electron chi connectivity index (χ3n) is 3.51. The fourth-order valence-electron chi connectivity index (χ4n) is 1.22. The van der Waals surface area contributed by atoms with Crippen molar-refractivity contribution < 1.29 is 4.43 Å². The average molecular weight is 247 g/mol. The summed E-state index contributed by atoms with van der Waals surface area (Å²) >= 11 is 0. The third kappa shape index (κ3) is 3.42. The van der Waals surface area contributed by atoms with Crippen molar-refractivity contribution in [3.63, 3.8) is 0 Å². The molecule has 17 heavy (non-hydrogen) atoms. The van der Waals surface area contributed by atoms with Crippen LogP contribution in [0.25, 0.3) is 4.85 Å². The van der Waals surface area contributed by atoms with E-state index < -0.39 is 8.32 Å². The first-order valence-electron chi connectivity index (χ1n) is 5.87. The molecule has 0 N–H and O–H groups in total. The molecular weight excluding hydrogens is 226 g/mol. The van der Waals surface area contributed by atoms with Crippen molar-refractivity contribution in [2.75, 3.05) is 0 Å². The van der Waals surface area contributed by atoms with E-state index in [1.54, 1.807) is 0 Å². The maximum absolute atomic E-state index is 7.12. The van der Waals surface area contributed by atoms with Gasteiger partial charge in [-0.25, -0.2) is 4.85 Å². The number of nitrogens with zero attached hydrogens (tertiary/aromatic N) is 1. The molecule has 0 bridgehead atoms. The molecule has 1 aromatic carbocycles. The molecule has 0 atom stereocenters. The monoisotopic (exact) mass is 247 g/mol. The van der Waals surface area contributed by atoms with Crippen molar-refractivity contribution in [1.82, 2.24) is 0 Å². The number of para-hydroxylation sites is 1. The van der Waals surface area contributed by atoms with E-state index in [1.807, 2.05) is 24.3 Å². The molecular formula is C14H21NOSi. The highest BCUT2D eigenvalue weighted by Gasteiger charge is 2.37. The van der Waals surface area contributed by atoms with Crippen molar-refractivity contribution in [2.24, 2.45) is 0 Å². The molecule has 92 valence electrons. The van der Waals surface area contributed by atoms with Crippen LogP contribution < -0.4 is 0 Å². The molecule has 0 aromatic heterocycles. The van der Waals surface area contributed by atoms with Gasteiger partial charge in [-0.3, -0.25) is 0 Å². The zero-order valence-corrected chi connectivity index (χ0v) is 12.4. The number of hydrogen-bond acceptors (Lipinski definition) is 1. The second-order valence-electron chi connectivity index (χ2n) is 5.79. The van der Waals surface area contributed by atoms with Gasteiger partial charge in [0, 0.05) is 6.61 Å². The van der Waals surface area contributed by atoms with E-state index in [4.69, 9.17) is 11.0 Å². The van der Waals surface area contributed by atoms with Crippen LogP contribution in [0.5, 0.6) is 0 Å². The van der Waals surface area contributed by atoms with Gasteiger partial charge in [-0.2, -0.15) is 0 Å². The van der Waals surface area contributed by atoms with E-state index in [0.717, 1.165) is 5.56 Å². The molecule has 0 radical (unpaired) electrons. The van der Waals surface area contributed by atoms with Gasteiger partial charge in [-0.05, 0) is 23.7 Å². The molecule has 0 spiro atoms. The SMILES string of the molecule is [C-]#[N+]c1ccccc1CO[Si](C)(C)C(C)(C)C. The van der Waals surface area contributed by atoms with Crippen LogP contribution in [0.1, 0.15) is 26.3 Å². The fraction of sp³-hybridized carbons (Fsp3) is 0.500. The molecule has 0 saturated carbocycles. The molecule has 0 amide bonds. The molecule has 0 fully saturated rings. The van der Waals surface area contributed by atoms with Crippen LogP contribution >= 0.6 is 0 Å². The minimum atomic E-state index is -1.73. The molecule has 2 nitrogen and oxygen atoms in total. The predicted molar refractivity (Wildman–Crippen MR) is 74.7 cm³/mol. The molecule has 0 saturated heterocycles. The minimum Gasteiger partial charge on any atom is -0.414 e. The first-order valence-corrected chi connectivity index (χ1v) is 8.78. The van der Waals surface area contributed by atoms with E-state index in [-0.39, 0.29) is 5.04 Å². The zero-order valence-electron chi connectivity index (χ0n) is 11.4. The van der Waals surface area contributed by atoms with Crippen molar-refractivity contribution in [3.8, 4) is 0 Å². The lowest BCUT2D eigenvalue weighted by molar-refractivity contribution is 0.277.